The number of nitrogens with zero attached hydrogens (tertiary/aromatic N) is 1. The molecular formula is C13H23N3OS. The Labute approximate surface area is 113 Å². The minimum Gasteiger partial charge on any atom is -0.397 e. The van der Waals surface area contributed by atoms with Crippen molar-refractivity contribution in [1.82, 2.24) is 9.88 Å². The topological polar surface area (TPSA) is 60.0 Å². The number of nitrogens with two attached hydrogens (primary N) is 1. The van der Waals surface area contributed by atoms with Crippen molar-refractivity contribution in [2.75, 3.05) is 24.3 Å². The smallest absolute Gasteiger partial charge is 0.267 e. The van der Waals surface area contributed by atoms with Crippen LogP contribution in [-0.4, -0.2) is 29.0 Å². The minimum atomic E-state index is -0.0238. The van der Waals surface area contributed by atoms with Crippen LogP contribution in [0.1, 0.15) is 36.7 Å². The number of hydrogen-bond donors (Lipinski definition) is 2. The molecule has 0 fully saturated rings. The Bertz CT molecular complexity index is 376. The number of aryl methyl sites for hydroxylation is 1. The third-order valence-corrected chi connectivity index (χ3v) is 3.37. The van der Waals surface area contributed by atoms with E-state index in [9.17, 15) is 4.79 Å². The zero-order valence-electron chi connectivity index (χ0n) is 11.2. The van der Waals surface area contributed by atoms with Crippen LogP contribution in [0.15, 0.2) is 12.3 Å². The van der Waals surface area contributed by atoms with E-state index in [4.69, 9.17) is 5.73 Å². The molecule has 102 valence electrons. The van der Waals surface area contributed by atoms with Gasteiger partial charge in [-0.05, 0) is 37.3 Å². The number of nitrogens with one attached hydrogen (secondary N) is 1. The number of carbonyl (C=O) groups excluding carboxylic acids is 1. The van der Waals surface area contributed by atoms with Crippen molar-refractivity contribution >= 4 is 23.4 Å². The summed E-state index contributed by atoms with van der Waals surface area (Å²) in [6.45, 7) is 3.64. The first-order chi connectivity index (χ1) is 8.69. The molecule has 0 aliphatic carbocycles. The predicted molar refractivity (Wildman–Crippen MR) is 79.1 cm³/mol. The van der Waals surface area contributed by atoms with Crippen molar-refractivity contribution in [3.63, 3.8) is 0 Å². The highest BCUT2D eigenvalue weighted by Crippen LogP contribution is 2.11. The summed E-state index contributed by atoms with van der Waals surface area (Å²) in [7, 11) is 0. The number of amides is 1. The van der Waals surface area contributed by atoms with E-state index in [1.54, 1.807) is 6.07 Å². The minimum absolute atomic E-state index is 0.0238. The van der Waals surface area contributed by atoms with E-state index in [-0.39, 0.29) is 5.91 Å². The molecule has 0 spiro atoms. The number of aromatic nitrogens is 1. The zero-order valence-corrected chi connectivity index (χ0v) is 12.1. The Morgan fingerprint density at radius 2 is 2.28 bits per heavy atom. The molecule has 0 saturated carbocycles. The van der Waals surface area contributed by atoms with Crippen LogP contribution in [0, 0.1) is 0 Å². The Morgan fingerprint density at radius 3 is 2.94 bits per heavy atom. The first-order valence-corrected chi connectivity index (χ1v) is 7.81. The molecule has 18 heavy (non-hydrogen) atoms. The second-order valence-electron chi connectivity index (χ2n) is 4.31. The van der Waals surface area contributed by atoms with Crippen LogP contribution in [0.5, 0.6) is 0 Å². The molecule has 4 nitrogen and oxygen atoms in total. The van der Waals surface area contributed by atoms with Gasteiger partial charge in [0.2, 0.25) is 0 Å². The second kappa shape index (κ2) is 8.08. The highest BCUT2D eigenvalue weighted by Gasteiger charge is 2.11. The van der Waals surface area contributed by atoms with E-state index < -0.39 is 0 Å². The van der Waals surface area contributed by atoms with Gasteiger partial charge in [0.15, 0.2) is 0 Å². The summed E-state index contributed by atoms with van der Waals surface area (Å²) >= 11 is 1.84. The summed E-state index contributed by atoms with van der Waals surface area (Å²) < 4.78 is 1.92. The van der Waals surface area contributed by atoms with Gasteiger partial charge in [-0.15, -0.1) is 0 Å². The van der Waals surface area contributed by atoms with E-state index >= 15 is 0 Å². The highest BCUT2D eigenvalue weighted by molar-refractivity contribution is 7.98. The monoisotopic (exact) mass is 269 g/mol. The maximum atomic E-state index is 12.0. The van der Waals surface area contributed by atoms with E-state index in [1.165, 1.54) is 0 Å². The second-order valence-corrected chi connectivity index (χ2v) is 5.29. The van der Waals surface area contributed by atoms with Gasteiger partial charge in [0.1, 0.15) is 5.69 Å². The lowest BCUT2D eigenvalue weighted by Crippen LogP contribution is -2.26. The Kier molecular flexibility index (Phi) is 6.72. The van der Waals surface area contributed by atoms with Gasteiger partial charge in [0.25, 0.3) is 5.91 Å². The first kappa shape index (κ1) is 15.0. The first-order valence-electron chi connectivity index (χ1n) is 6.41. The van der Waals surface area contributed by atoms with Crippen LogP contribution in [0.4, 0.5) is 5.69 Å². The maximum absolute atomic E-state index is 12.0. The largest absolute Gasteiger partial charge is 0.397 e. The van der Waals surface area contributed by atoms with Crippen LogP contribution in [0.3, 0.4) is 0 Å². The quantitative estimate of drug-likeness (QED) is 0.712. The van der Waals surface area contributed by atoms with Gasteiger partial charge in [-0.3, -0.25) is 4.79 Å². The molecule has 1 aromatic rings. The molecule has 0 saturated heterocycles. The number of thioether (sulfide) groups is 1. The highest BCUT2D eigenvalue weighted by atomic mass is 32.2. The average molecular weight is 269 g/mol. The molecular weight excluding hydrogens is 246 g/mol. The Hall–Kier alpha value is -1.10. The molecule has 1 aromatic heterocycles. The van der Waals surface area contributed by atoms with Crippen molar-refractivity contribution in [3.05, 3.63) is 18.0 Å². The molecule has 1 amide bonds. The van der Waals surface area contributed by atoms with E-state index in [1.807, 2.05) is 22.5 Å². The maximum Gasteiger partial charge on any atom is 0.267 e. The van der Waals surface area contributed by atoms with Gasteiger partial charge in [0.05, 0.1) is 5.69 Å². The van der Waals surface area contributed by atoms with Gasteiger partial charge in [-0.25, -0.2) is 0 Å². The lowest BCUT2D eigenvalue weighted by molar-refractivity contribution is 0.0944. The molecule has 1 heterocycles. The van der Waals surface area contributed by atoms with Gasteiger partial charge in [-0.1, -0.05) is 6.92 Å². The van der Waals surface area contributed by atoms with Crippen LogP contribution >= 0.6 is 11.8 Å². The van der Waals surface area contributed by atoms with Crippen molar-refractivity contribution in [2.24, 2.45) is 0 Å². The summed E-state index contributed by atoms with van der Waals surface area (Å²) in [6.07, 6.45) is 7.07. The fourth-order valence-electron chi connectivity index (χ4n) is 1.81. The van der Waals surface area contributed by atoms with Crippen LogP contribution in [0.2, 0.25) is 0 Å². The fourth-order valence-corrected chi connectivity index (χ4v) is 2.31. The van der Waals surface area contributed by atoms with Crippen molar-refractivity contribution < 1.29 is 4.79 Å². The zero-order chi connectivity index (χ0) is 13.4. The summed E-state index contributed by atoms with van der Waals surface area (Å²) in [6, 6.07) is 1.74. The van der Waals surface area contributed by atoms with E-state index in [0.717, 1.165) is 38.1 Å². The average Bonchev–Trinajstić information content (AvgIpc) is 2.70. The fraction of sp³-hybridized carbons (Fsp3) is 0.615. The SMILES string of the molecule is CCCn1cc(N)cc1C(=O)NCCCCSC. The molecule has 0 aliphatic heterocycles. The molecule has 0 aromatic carbocycles. The molecule has 0 unspecified atom stereocenters. The van der Waals surface area contributed by atoms with E-state index in [0.29, 0.717) is 11.4 Å². The molecule has 3 N–H and O–H groups in total. The Balaban J connectivity index is 2.45. The van der Waals surface area contributed by atoms with Crippen LogP contribution < -0.4 is 11.1 Å². The van der Waals surface area contributed by atoms with Crippen molar-refractivity contribution in [2.45, 2.75) is 32.7 Å². The Morgan fingerprint density at radius 1 is 1.50 bits per heavy atom. The molecule has 5 heteroatoms. The number of nitrogen functional groups attached to an aromatic ring is 1. The lowest BCUT2D eigenvalue weighted by Gasteiger charge is -2.08. The molecule has 0 radical (unpaired) electrons. The predicted octanol–water partition coefficient (Wildman–Crippen LogP) is 2.35. The van der Waals surface area contributed by atoms with Crippen LogP contribution in [0.25, 0.3) is 0 Å². The molecule has 0 atom stereocenters. The van der Waals surface area contributed by atoms with Gasteiger partial charge >= 0.3 is 0 Å². The standard InChI is InChI=1S/C13H23N3OS/c1-3-7-16-10-11(14)9-12(16)13(17)15-6-4-5-8-18-2/h9-10H,3-8,14H2,1-2H3,(H,15,17). The van der Waals surface area contributed by atoms with E-state index in [2.05, 4.69) is 18.5 Å². The summed E-state index contributed by atoms with van der Waals surface area (Å²) in [5, 5.41) is 2.95. The third-order valence-electron chi connectivity index (χ3n) is 2.68. The summed E-state index contributed by atoms with van der Waals surface area (Å²) in [4.78, 5) is 12.0. The van der Waals surface area contributed by atoms with Crippen molar-refractivity contribution in [3.8, 4) is 0 Å². The molecule has 0 aliphatic rings. The number of rotatable bonds is 8. The number of hydrogen-bond acceptors (Lipinski definition) is 3. The summed E-state index contributed by atoms with van der Waals surface area (Å²) in [5.74, 6) is 1.12. The molecule has 1 rings (SSSR count). The van der Waals surface area contributed by atoms with Gasteiger partial charge in [0, 0.05) is 19.3 Å². The number of unbranched alkanes of at least 4 members (excludes halogenated alkanes) is 1. The van der Waals surface area contributed by atoms with Gasteiger partial charge in [-0.2, -0.15) is 11.8 Å². The van der Waals surface area contributed by atoms with Crippen molar-refractivity contribution in [1.29, 1.82) is 0 Å². The lowest BCUT2D eigenvalue weighted by atomic mass is 10.3. The van der Waals surface area contributed by atoms with Crippen LogP contribution in [-0.2, 0) is 6.54 Å². The summed E-state index contributed by atoms with van der Waals surface area (Å²) in [5.41, 5.74) is 7.05. The third kappa shape index (κ3) is 4.64. The van der Waals surface area contributed by atoms with Gasteiger partial charge < -0.3 is 15.6 Å². The number of carbonyl (C=O) groups is 1. The normalized spacial score (nSPS) is 10.6. The molecule has 0 bridgehead atoms. The number of anilines is 1.